The highest BCUT2D eigenvalue weighted by atomic mass is 35.5. The van der Waals surface area contributed by atoms with Gasteiger partial charge in [-0.3, -0.25) is 13.9 Å². The van der Waals surface area contributed by atoms with Gasteiger partial charge in [-0.25, -0.2) is 4.79 Å². The fourth-order valence-electron chi connectivity index (χ4n) is 3.59. The molecule has 0 aliphatic heterocycles. The second kappa shape index (κ2) is 8.28. The van der Waals surface area contributed by atoms with Gasteiger partial charge in [0.15, 0.2) is 0 Å². The summed E-state index contributed by atoms with van der Waals surface area (Å²) in [7, 11) is 0. The zero-order valence-electron chi connectivity index (χ0n) is 16.8. The Morgan fingerprint density at radius 2 is 1.53 bits per heavy atom. The van der Waals surface area contributed by atoms with E-state index in [1.54, 1.807) is 41.0 Å². The Labute approximate surface area is 187 Å². The molecule has 8 heteroatoms. The molecular formula is C24H17ClN4O3. The minimum absolute atomic E-state index is 0.122. The van der Waals surface area contributed by atoms with Crippen LogP contribution in [0.3, 0.4) is 0 Å². The van der Waals surface area contributed by atoms with Crippen molar-refractivity contribution in [1.29, 1.82) is 0 Å². The number of hydrogen-bond donors (Lipinski definition) is 0. The summed E-state index contributed by atoms with van der Waals surface area (Å²) in [4.78, 5) is 30.8. The summed E-state index contributed by atoms with van der Waals surface area (Å²) in [6.45, 7) is 0.166. The first-order valence-corrected chi connectivity index (χ1v) is 10.3. The number of para-hydroxylation sites is 1. The highest BCUT2D eigenvalue weighted by Gasteiger charge is 2.16. The van der Waals surface area contributed by atoms with Gasteiger partial charge < -0.3 is 4.52 Å². The van der Waals surface area contributed by atoms with Crippen LogP contribution in [-0.2, 0) is 13.1 Å². The van der Waals surface area contributed by atoms with Gasteiger partial charge in [-0.05, 0) is 29.8 Å². The number of fused-ring (bicyclic) bond motifs is 1. The third kappa shape index (κ3) is 3.74. The molecule has 0 fully saturated rings. The van der Waals surface area contributed by atoms with Crippen LogP contribution in [-0.4, -0.2) is 19.3 Å². The summed E-state index contributed by atoms with van der Waals surface area (Å²) in [6.07, 6.45) is 0. The molecule has 0 N–H and O–H groups in total. The molecule has 0 aliphatic rings. The Balaban J connectivity index is 1.59. The highest BCUT2D eigenvalue weighted by molar-refractivity contribution is 6.30. The maximum atomic E-state index is 13.4. The van der Waals surface area contributed by atoms with Crippen molar-refractivity contribution in [3.8, 4) is 11.4 Å². The molecule has 0 saturated carbocycles. The van der Waals surface area contributed by atoms with Crippen LogP contribution in [0.2, 0.25) is 5.02 Å². The quantitative estimate of drug-likeness (QED) is 0.409. The predicted molar refractivity (Wildman–Crippen MR) is 122 cm³/mol. The van der Waals surface area contributed by atoms with Crippen LogP contribution in [0.15, 0.2) is 93.0 Å². The third-order valence-electron chi connectivity index (χ3n) is 5.18. The number of benzene rings is 3. The van der Waals surface area contributed by atoms with Gasteiger partial charge in [0, 0.05) is 10.6 Å². The Bertz CT molecular complexity index is 1520. The van der Waals surface area contributed by atoms with Crippen LogP contribution in [0.1, 0.15) is 11.5 Å². The Kier molecular flexibility index (Phi) is 5.17. The van der Waals surface area contributed by atoms with Crippen molar-refractivity contribution in [2.75, 3.05) is 0 Å². The van der Waals surface area contributed by atoms with Gasteiger partial charge in [0.1, 0.15) is 6.54 Å². The molecule has 0 spiro atoms. The van der Waals surface area contributed by atoms with Gasteiger partial charge in [-0.15, -0.1) is 0 Å². The van der Waals surface area contributed by atoms with Crippen molar-refractivity contribution in [2.24, 2.45) is 0 Å². The monoisotopic (exact) mass is 444 g/mol. The van der Waals surface area contributed by atoms with E-state index in [-0.39, 0.29) is 19.0 Å². The zero-order chi connectivity index (χ0) is 22.1. The first-order chi connectivity index (χ1) is 15.6. The second-order valence-electron chi connectivity index (χ2n) is 7.28. The van der Waals surface area contributed by atoms with Crippen molar-refractivity contribution in [3.05, 3.63) is 116 Å². The van der Waals surface area contributed by atoms with Crippen LogP contribution in [0.25, 0.3) is 22.3 Å². The SMILES string of the molecule is O=c1c2ccccc2n(Cc2ccc(Cl)cc2)c(=O)n1Cc1nc(-c2ccccc2)no1. The summed E-state index contributed by atoms with van der Waals surface area (Å²) in [6, 6.07) is 23.6. The molecule has 0 atom stereocenters. The molecule has 158 valence electrons. The molecule has 7 nitrogen and oxygen atoms in total. The molecule has 0 saturated heterocycles. The van der Waals surface area contributed by atoms with Crippen LogP contribution in [0.5, 0.6) is 0 Å². The van der Waals surface area contributed by atoms with Crippen LogP contribution in [0, 0.1) is 0 Å². The van der Waals surface area contributed by atoms with Crippen molar-refractivity contribution in [3.63, 3.8) is 0 Å². The molecule has 0 bridgehead atoms. The van der Waals surface area contributed by atoms with Gasteiger partial charge in [0.25, 0.3) is 5.56 Å². The van der Waals surface area contributed by atoms with E-state index in [9.17, 15) is 9.59 Å². The second-order valence-corrected chi connectivity index (χ2v) is 7.72. The zero-order valence-corrected chi connectivity index (χ0v) is 17.6. The normalized spacial score (nSPS) is 11.2. The molecule has 0 radical (unpaired) electrons. The van der Waals surface area contributed by atoms with Gasteiger partial charge in [-0.1, -0.05) is 71.4 Å². The van der Waals surface area contributed by atoms with E-state index in [4.69, 9.17) is 16.1 Å². The average molecular weight is 445 g/mol. The largest absolute Gasteiger partial charge is 0.337 e. The lowest BCUT2D eigenvalue weighted by molar-refractivity contribution is 0.367. The number of nitrogens with zero attached hydrogens (tertiary/aromatic N) is 4. The third-order valence-corrected chi connectivity index (χ3v) is 5.43. The minimum Gasteiger partial charge on any atom is -0.337 e. The number of halogens is 1. The van der Waals surface area contributed by atoms with E-state index in [2.05, 4.69) is 10.1 Å². The molecule has 0 unspecified atom stereocenters. The molecule has 5 aromatic rings. The number of rotatable bonds is 5. The minimum atomic E-state index is -0.455. The van der Waals surface area contributed by atoms with Crippen LogP contribution in [0.4, 0.5) is 0 Å². The summed E-state index contributed by atoms with van der Waals surface area (Å²) >= 11 is 5.99. The predicted octanol–water partition coefficient (Wildman–Crippen LogP) is 3.96. The highest BCUT2D eigenvalue weighted by Crippen LogP contribution is 2.16. The molecule has 2 heterocycles. The van der Waals surface area contributed by atoms with Gasteiger partial charge in [0.2, 0.25) is 11.7 Å². The lowest BCUT2D eigenvalue weighted by Crippen LogP contribution is -2.40. The molecule has 5 rings (SSSR count). The van der Waals surface area contributed by atoms with Crippen molar-refractivity contribution in [2.45, 2.75) is 13.1 Å². The van der Waals surface area contributed by atoms with E-state index in [0.717, 1.165) is 15.7 Å². The van der Waals surface area contributed by atoms with Crippen molar-refractivity contribution >= 4 is 22.5 Å². The van der Waals surface area contributed by atoms with Crippen molar-refractivity contribution in [1.82, 2.24) is 19.3 Å². The lowest BCUT2D eigenvalue weighted by Gasteiger charge is -2.13. The fraction of sp³-hybridized carbons (Fsp3) is 0.0833. The van der Waals surface area contributed by atoms with E-state index in [0.29, 0.717) is 21.7 Å². The molecular weight excluding hydrogens is 428 g/mol. The molecule has 0 amide bonds. The molecule has 2 aromatic heterocycles. The van der Waals surface area contributed by atoms with E-state index < -0.39 is 11.2 Å². The van der Waals surface area contributed by atoms with E-state index >= 15 is 0 Å². The topological polar surface area (TPSA) is 82.9 Å². The van der Waals surface area contributed by atoms with Gasteiger partial charge in [0.05, 0.1) is 17.4 Å². The number of hydrogen-bond acceptors (Lipinski definition) is 5. The number of aromatic nitrogens is 4. The maximum Gasteiger partial charge on any atom is 0.332 e. The molecule has 32 heavy (non-hydrogen) atoms. The Morgan fingerprint density at radius 1 is 0.812 bits per heavy atom. The maximum absolute atomic E-state index is 13.4. The first-order valence-electron chi connectivity index (χ1n) is 9.95. The smallest absolute Gasteiger partial charge is 0.332 e. The summed E-state index contributed by atoms with van der Waals surface area (Å²) < 4.78 is 8.02. The Morgan fingerprint density at radius 3 is 2.31 bits per heavy atom. The summed E-state index contributed by atoms with van der Waals surface area (Å²) in [5.41, 5.74) is 1.37. The average Bonchev–Trinajstić information content (AvgIpc) is 3.30. The van der Waals surface area contributed by atoms with E-state index in [1.165, 1.54) is 0 Å². The summed E-state index contributed by atoms with van der Waals surface area (Å²) in [5, 5.41) is 5.03. The Hall–Kier alpha value is -3.97. The summed E-state index contributed by atoms with van der Waals surface area (Å²) in [5.74, 6) is 0.576. The van der Waals surface area contributed by atoms with Gasteiger partial charge in [-0.2, -0.15) is 4.98 Å². The standard InChI is InChI=1S/C24H17ClN4O3/c25-18-12-10-16(11-13-18)14-28-20-9-5-4-8-19(20)23(30)29(24(28)31)15-21-26-22(27-32-21)17-6-2-1-3-7-17/h1-13H,14-15H2. The fourth-order valence-corrected chi connectivity index (χ4v) is 3.72. The first kappa shape index (κ1) is 20.0. The van der Waals surface area contributed by atoms with E-state index in [1.807, 2.05) is 42.5 Å². The van der Waals surface area contributed by atoms with Gasteiger partial charge >= 0.3 is 5.69 Å². The van der Waals surface area contributed by atoms with Crippen LogP contribution < -0.4 is 11.2 Å². The lowest BCUT2D eigenvalue weighted by atomic mass is 10.2. The molecule has 3 aromatic carbocycles. The van der Waals surface area contributed by atoms with Crippen molar-refractivity contribution < 1.29 is 4.52 Å². The molecule has 0 aliphatic carbocycles. The van der Waals surface area contributed by atoms with Crippen LogP contribution >= 0.6 is 11.6 Å².